The highest BCUT2D eigenvalue weighted by Crippen LogP contribution is 2.37. The summed E-state index contributed by atoms with van der Waals surface area (Å²) >= 11 is 0. The van der Waals surface area contributed by atoms with Crippen molar-refractivity contribution < 1.29 is 22.4 Å². The number of carbonyl (C=O) groups excluding carboxylic acids is 1. The lowest BCUT2D eigenvalue weighted by molar-refractivity contribution is 0.0727. The smallest absolute Gasteiger partial charge is 0.263 e. The standard InChI is InChI=1S/C23H18B2F4N4O/c1-32-9-15-14(5-12(21(28)29)8-19(15)31-32)11-6-17(26)16(18(27)7-11)10-33-22(34)13-3-2-4-30-20(13)23(33,24)25/h2-9,21H,10,24-25H2,1H3. The predicted molar refractivity (Wildman–Crippen MR) is 124 cm³/mol. The summed E-state index contributed by atoms with van der Waals surface area (Å²) in [7, 11) is 5.17. The Morgan fingerprint density at radius 1 is 1.09 bits per heavy atom. The van der Waals surface area contributed by atoms with Gasteiger partial charge in [-0.15, -0.1) is 0 Å². The summed E-state index contributed by atoms with van der Waals surface area (Å²) in [6.07, 6.45) is 0.414. The van der Waals surface area contributed by atoms with Gasteiger partial charge < -0.3 is 4.90 Å². The normalized spacial score (nSPS) is 14.9. The van der Waals surface area contributed by atoms with Crippen molar-refractivity contribution in [2.24, 2.45) is 7.05 Å². The number of rotatable bonds is 4. The molecular formula is C23H18B2F4N4O. The topological polar surface area (TPSA) is 51.0 Å². The van der Waals surface area contributed by atoms with Crippen LogP contribution < -0.4 is 0 Å². The molecule has 3 heterocycles. The van der Waals surface area contributed by atoms with Gasteiger partial charge in [0.25, 0.3) is 12.3 Å². The van der Waals surface area contributed by atoms with Crippen LogP contribution in [0.15, 0.2) is 48.8 Å². The number of amides is 1. The molecule has 0 fully saturated rings. The molecule has 1 aliphatic rings. The van der Waals surface area contributed by atoms with Gasteiger partial charge in [-0.05, 0) is 47.5 Å². The van der Waals surface area contributed by atoms with E-state index in [4.69, 9.17) is 0 Å². The number of hydrogen-bond donors (Lipinski definition) is 0. The van der Waals surface area contributed by atoms with Gasteiger partial charge in [0.15, 0.2) is 0 Å². The predicted octanol–water partition coefficient (Wildman–Crippen LogP) is 2.88. The van der Waals surface area contributed by atoms with Gasteiger partial charge in [0, 0.05) is 41.3 Å². The molecule has 2 aromatic carbocycles. The third-order valence-corrected chi connectivity index (χ3v) is 6.32. The van der Waals surface area contributed by atoms with Gasteiger partial charge in [0.2, 0.25) is 0 Å². The third kappa shape index (κ3) is 3.38. The van der Waals surface area contributed by atoms with Crippen LogP contribution in [0.4, 0.5) is 17.6 Å². The second-order valence-corrected chi connectivity index (χ2v) is 8.87. The first-order valence-electron chi connectivity index (χ1n) is 10.6. The van der Waals surface area contributed by atoms with Gasteiger partial charge >= 0.3 is 0 Å². The van der Waals surface area contributed by atoms with Crippen LogP contribution >= 0.6 is 0 Å². The zero-order valence-corrected chi connectivity index (χ0v) is 18.6. The molecule has 4 aromatic rings. The highest BCUT2D eigenvalue weighted by atomic mass is 19.3. The molecule has 34 heavy (non-hydrogen) atoms. The lowest BCUT2D eigenvalue weighted by atomic mass is 9.59. The quantitative estimate of drug-likeness (QED) is 0.345. The molecule has 0 bridgehead atoms. The second kappa shape index (κ2) is 7.72. The van der Waals surface area contributed by atoms with Crippen LogP contribution in [0.2, 0.25) is 0 Å². The van der Waals surface area contributed by atoms with Crippen molar-refractivity contribution in [1.82, 2.24) is 19.7 Å². The molecule has 0 saturated heterocycles. The maximum atomic E-state index is 15.3. The molecule has 0 N–H and O–H groups in total. The van der Waals surface area contributed by atoms with Crippen LogP contribution in [0.5, 0.6) is 0 Å². The maximum Gasteiger partial charge on any atom is 0.263 e. The van der Waals surface area contributed by atoms with Crippen LogP contribution in [0.25, 0.3) is 22.0 Å². The summed E-state index contributed by atoms with van der Waals surface area (Å²) in [6, 6.07) is 7.97. The molecule has 5 rings (SSSR count). The number of fused-ring (bicyclic) bond motifs is 2. The minimum Gasteiger partial charge on any atom is -0.339 e. The lowest BCUT2D eigenvalue weighted by Crippen LogP contribution is -2.45. The lowest BCUT2D eigenvalue weighted by Gasteiger charge is -2.32. The SMILES string of the molecule is BC1(B)c2ncccc2C(=O)N1Cc1c(F)cc(-c2cc(C(F)F)cc3nn(C)cc23)cc1F. The number of pyridine rings is 1. The fourth-order valence-electron chi connectivity index (χ4n) is 4.56. The van der Waals surface area contributed by atoms with Crippen LogP contribution in [-0.4, -0.2) is 41.3 Å². The first-order chi connectivity index (χ1) is 16.1. The molecule has 11 heteroatoms. The minimum atomic E-state index is -2.77. The van der Waals surface area contributed by atoms with Gasteiger partial charge in [-0.25, -0.2) is 17.6 Å². The largest absolute Gasteiger partial charge is 0.339 e. The summed E-state index contributed by atoms with van der Waals surface area (Å²) in [4.78, 5) is 18.6. The van der Waals surface area contributed by atoms with Crippen molar-refractivity contribution >= 4 is 32.5 Å². The van der Waals surface area contributed by atoms with Crippen molar-refractivity contribution in [2.75, 3.05) is 0 Å². The number of halogens is 4. The Hall–Kier alpha value is -3.62. The Morgan fingerprint density at radius 3 is 2.44 bits per heavy atom. The number of hydrogen-bond acceptors (Lipinski definition) is 3. The van der Waals surface area contributed by atoms with Gasteiger partial charge in [-0.2, -0.15) is 5.10 Å². The fourth-order valence-corrected chi connectivity index (χ4v) is 4.56. The molecule has 1 amide bonds. The molecule has 0 unspecified atom stereocenters. The van der Waals surface area contributed by atoms with E-state index in [2.05, 4.69) is 10.1 Å². The summed E-state index contributed by atoms with van der Waals surface area (Å²) < 4.78 is 58.9. The van der Waals surface area contributed by atoms with Crippen molar-refractivity contribution in [1.29, 1.82) is 0 Å². The number of carbonyl (C=O) groups is 1. The number of aromatic nitrogens is 3. The number of alkyl halides is 2. The molecule has 0 aliphatic carbocycles. The number of nitrogens with zero attached hydrogens (tertiary/aromatic N) is 4. The average molecular weight is 464 g/mol. The van der Waals surface area contributed by atoms with E-state index in [0.717, 1.165) is 12.1 Å². The Balaban J connectivity index is 1.57. The summed E-state index contributed by atoms with van der Waals surface area (Å²) in [6.45, 7) is -0.306. The monoisotopic (exact) mass is 464 g/mol. The van der Waals surface area contributed by atoms with Crippen molar-refractivity contribution in [3.8, 4) is 11.1 Å². The van der Waals surface area contributed by atoms with Crippen molar-refractivity contribution in [3.63, 3.8) is 0 Å². The van der Waals surface area contributed by atoms with Gasteiger partial charge in [-0.1, -0.05) is 0 Å². The molecule has 5 nitrogen and oxygen atoms in total. The first kappa shape index (κ1) is 22.2. The molecule has 0 radical (unpaired) electrons. The first-order valence-corrected chi connectivity index (χ1v) is 10.6. The van der Waals surface area contributed by atoms with Crippen molar-refractivity contribution in [2.45, 2.75) is 18.3 Å². The molecular weight excluding hydrogens is 446 g/mol. The van der Waals surface area contributed by atoms with Crippen LogP contribution in [-0.2, 0) is 18.9 Å². The summed E-state index contributed by atoms with van der Waals surface area (Å²) in [5.41, 5.74) is 1.02. The molecule has 0 atom stereocenters. The highest BCUT2D eigenvalue weighted by Gasteiger charge is 2.44. The van der Waals surface area contributed by atoms with E-state index >= 15 is 8.78 Å². The zero-order chi connectivity index (χ0) is 24.4. The third-order valence-electron chi connectivity index (χ3n) is 6.32. The van der Waals surface area contributed by atoms with E-state index in [1.807, 2.05) is 0 Å². The molecule has 0 saturated carbocycles. The van der Waals surface area contributed by atoms with Gasteiger partial charge in [0.05, 0.1) is 23.3 Å². The summed E-state index contributed by atoms with van der Waals surface area (Å²) in [5.74, 6) is -2.11. The Kier molecular flexibility index (Phi) is 5.03. The Morgan fingerprint density at radius 2 is 1.79 bits per heavy atom. The summed E-state index contributed by atoms with van der Waals surface area (Å²) in [5, 5.41) is 3.80. The van der Waals surface area contributed by atoms with E-state index in [9.17, 15) is 13.6 Å². The Labute approximate surface area is 194 Å². The van der Waals surface area contributed by atoms with E-state index in [1.54, 1.807) is 47.3 Å². The van der Waals surface area contributed by atoms with E-state index < -0.39 is 23.4 Å². The highest BCUT2D eigenvalue weighted by molar-refractivity contribution is 6.42. The minimum absolute atomic E-state index is 0.108. The molecule has 0 spiro atoms. The van der Waals surface area contributed by atoms with Crippen molar-refractivity contribution in [3.05, 3.63) is 82.8 Å². The Bertz CT molecular complexity index is 1450. The van der Waals surface area contributed by atoms with E-state index in [0.29, 0.717) is 22.2 Å². The fraction of sp³-hybridized carbons (Fsp3) is 0.174. The van der Waals surface area contributed by atoms with Gasteiger partial charge in [-0.3, -0.25) is 14.5 Å². The molecule has 2 aromatic heterocycles. The molecule has 1 aliphatic heterocycles. The average Bonchev–Trinajstić information content (AvgIpc) is 3.25. The van der Waals surface area contributed by atoms with E-state index in [-0.39, 0.29) is 34.7 Å². The van der Waals surface area contributed by atoms with Crippen LogP contribution in [0.1, 0.15) is 33.6 Å². The van der Waals surface area contributed by atoms with Crippen LogP contribution in [0.3, 0.4) is 0 Å². The zero-order valence-electron chi connectivity index (χ0n) is 18.6. The number of benzene rings is 2. The van der Waals surface area contributed by atoms with Gasteiger partial charge in [0.1, 0.15) is 27.3 Å². The molecule has 170 valence electrons. The van der Waals surface area contributed by atoms with E-state index in [1.165, 1.54) is 21.7 Å². The maximum absolute atomic E-state index is 15.3. The number of aryl methyl sites for hydroxylation is 1. The van der Waals surface area contributed by atoms with Crippen LogP contribution in [0, 0.1) is 11.6 Å². The second-order valence-electron chi connectivity index (χ2n) is 8.87.